The van der Waals surface area contributed by atoms with E-state index in [-0.39, 0.29) is 18.1 Å². The van der Waals surface area contributed by atoms with E-state index in [1.54, 1.807) is 6.20 Å². The first-order valence-corrected chi connectivity index (χ1v) is 10.5. The quantitative estimate of drug-likeness (QED) is 0.662. The molecule has 0 bridgehead atoms. The van der Waals surface area contributed by atoms with Gasteiger partial charge in [-0.3, -0.25) is 4.90 Å². The van der Waals surface area contributed by atoms with Crippen LogP contribution in [0.3, 0.4) is 0 Å². The second kappa shape index (κ2) is 9.59. The number of aromatic nitrogens is 2. The number of nitrogens with one attached hydrogen (secondary N) is 2. The van der Waals surface area contributed by atoms with Crippen LogP contribution in [0, 0.1) is 0 Å². The maximum absolute atomic E-state index is 12.8. The zero-order valence-corrected chi connectivity index (χ0v) is 17.4. The van der Waals surface area contributed by atoms with Crippen molar-refractivity contribution in [3.8, 4) is 0 Å². The molecule has 2 N–H and O–H groups in total. The number of carbonyl (C=O) groups is 1. The number of hydrogen-bond donors (Lipinski definition) is 2. The van der Waals surface area contributed by atoms with Gasteiger partial charge in [0.1, 0.15) is 11.9 Å². The van der Waals surface area contributed by atoms with E-state index in [2.05, 4.69) is 44.8 Å². The van der Waals surface area contributed by atoms with Gasteiger partial charge in [0.05, 0.1) is 0 Å². The van der Waals surface area contributed by atoms with Gasteiger partial charge >= 0.3 is 6.03 Å². The Hall–Kier alpha value is -3.12. The lowest BCUT2D eigenvalue weighted by molar-refractivity contribution is 0.186. The summed E-state index contributed by atoms with van der Waals surface area (Å²) >= 11 is 0. The summed E-state index contributed by atoms with van der Waals surface area (Å²) in [5, 5.41) is 6.30. The fourth-order valence-electron chi connectivity index (χ4n) is 4.03. The van der Waals surface area contributed by atoms with E-state index < -0.39 is 0 Å². The molecule has 3 aromatic rings. The van der Waals surface area contributed by atoms with Gasteiger partial charge in [-0.25, -0.2) is 9.78 Å². The van der Waals surface area contributed by atoms with E-state index >= 15 is 0 Å². The van der Waals surface area contributed by atoms with Crippen molar-refractivity contribution in [2.45, 2.75) is 31.5 Å². The molecule has 1 aliphatic heterocycles. The topological polar surface area (TPSA) is 62.2 Å². The highest BCUT2D eigenvalue weighted by Crippen LogP contribution is 2.20. The molecule has 4 rings (SSSR count). The van der Waals surface area contributed by atoms with Gasteiger partial charge < -0.3 is 15.2 Å². The molecule has 1 fully saturated rings. The molecule has 2 amide bonds. The van der Waals surface area contributed by atoms with E-state index in [4.69, 9.17) is 0 Å². The van der Waals surface area contributed by atoms with Crippen LogP contribution in [0.2, 0.25) is 0 Å². The maximum Gasteiger partial charge on any atom is 0.315 e. The van der Waals surface area contributed by atoms with Gasteiger partial charge in [-0.15, -0.1) is 0 Å². The highest BCUT2D eigenvalue weighted by molar-refractivity contribution is 5.75. The number of carbonyl (C=O) groups excluding carboxylic acids is 1. The standard InChI is InChI=1S/C24H29N5O/c1-28-17-14-25-23(28)22(20-10-6-3-7-11-20)27-24(30)26-21-12-15-29(16-13-21)18-19-8-4-2-5-9-19/h2-11,14,17,21-22H,12-13,15-16,18H2,1H3,(H2,26,27,30). The molecule has 1 aliphatic rings. The van der Waals surface area contributed by atoms with Crippen LogP contribution < -0.4 is 10.6 Å². The van der Waals surface area contributed by atoms with Gasteiger partial charge in [-0.2, -0.15) is 0 Å². The number of benzene rings is 2. The summed E-state index contributed by atoms with van der Waals surface area (Å²) in [6, 6.07) is 20.3. The SMILES string of the molecule is Cn1ccnc1C(NC(=O)NC1CCN(Cc2ccccc2)CC1)c1ccccc1. The number of hydrogen-bond acceptors (Lipinski definition) is 3. The van der Waals surface area contributed by atoms with Gasteiger partial charge in [0.25, 0.3) is 0 Å². The number of aryl methyl sites for hydroxylation is 1. The van der Waals surface area contributed by atoms with Gasteiger partial charge in [0.2, 0.25) is 0 Å². The third-order valence-electron chi connectivity index (χ3n) is 5.70. The van der Waals surface area contributed by atoms with E-state index in [9.17, 15) is 4.79 Å². The van der Waals surface area contributed by atoms with Crippen LogP contribution in [0.4, 0.5) is 4.79 Å². The molecule has 2 aromatic carbocycles. The molecule has 2 heterocycles. The Balaban J connectivity index is 1.33. The summed E-state index contributed by atoms with van der Waals surface area (Å²) in [5.74, 6) is 0.814. The summed E-state index contributed by atoms with van der Waals surface area (Å²) < 4.78 is 1.94. The summed E-state index contributed by atoms with van der Waals surface area (Å²) in [5.41, 5.74) is 2.35. The first-order chi connectivity index (χ1) is 14.7. The molecule has 0 spiro atoms. The van der Waals surface area contributed by atoms with Crippen LogP contribution in [0.25, 0.3) is 0 Å². The molecule has 30 heavy (non-hydrogen) atoms. The molecule has 1 atom stereocenters. The molecule has 1 aromatic heterocycles. The van der Waals surface area contributed by atoms with Crippen molar-refractivity contribution >= 4 is 6.03 Å². The van der Waals surface area contributed by atoms with Gasteiger partial charge in [-0.1, -0.05) is 60.7 Å². The Bertz CT molecular complexity index is 932. The third kappa shape index (κ3) is 5.07. The van der Waals surface area contributed by atoms with Crippen molar-refractivity contribution in [1.82, 2.24) is 25.1 Å². The molecule has 0 radical (unpaired) electrons. The van der Waals surface area contributed by atoms with E-state index in [1.807, 2.05) is 54.2 Å². The number of urea groups is 1. The lowest BCUT2D eigenvalue weighted by Crippen LogP contribution is -2.48. The summed E-state index contributed by atoms with van der Waals surface area (Å²) in [4.78, 5) is 19.7. The monoisotopic (exact) mass is 403 g/mol. The van der Waals surface area contributed by atoms with Crippen molar-refractivity contribution in [3.05, 3.63) is 90.0 Å². The first-order valence-electron chi connectivity index (χ1n) is 10.5. The smallest absolute Gasteiger partial charge is 0.315 e. The number of nitrogens with zero attached hydrogens (tertiary/aromatic N) is 3. The highest BCUT2D eigenvalue weighted by atomic mass is 16.2. The highest BCUT2D eigenvalue weighted by Gasteiger charge is 2.24. The van der Waals surface area contributed by atoms with Gasteiger partial charge in [0, 0.05) is 45.1 Å². The van der Waals surface area contributed by atoms with Crippen LogP contribution in [-0.2, 0) is 13.6 Å². The predicted octanol–water partition coefficient (Wildman–Crippen LogP) is 3.47. The fraction of sp³-hybridized carbons (Fsp3) is 0.333. The minimum absolute atomic E-state index is 0.145. The average Bonchev–Trinajstić information content (AvgIpc) is 3.20. The van der Waals surface area contributed by atoms with Crippen molar-refractivity contribution in [2.24, 2.45) is 7.05 Å². The zero-order chi connectivity index (χ0) is 20.8. The van der Waals surface area contributed by atoms with Crippen LogP contribution in [-0.4, -0.2) is 39.6 Å². The molecular formula is C24H29N5O. The number of amides is 2. The van der Waals surface area contributed by atoms with E-state index in [0.29, 0.717) is 0 Å². The molecule has 1 unspecified atom stereocenters. The van der Waals surface area contributed by atoms with E-state index in [1.165, 1.54) is 5.56 Å². The maximum atomic E-state index is 12.8. The predicted molar refractivity (Wildman–Crippen MR) is 118 cm³/mol. The van der Waals surface area contributed by atoms with Crippen LogP contribution in [0.1, 0.15) is 35.8 Å². The first kappa shape index (κ1) is 20.2. The van der Waals surface area contributed by atoms with Crippen LogP contribution in [0.15, 0.2) is 73.1 Å². The minimum atomic E-state index is -0.288. The van der Waals surface area contributed by atoms with E-state index in [0.717, 1.165) is 43.9 Å². The molecule has 6 heteroatoms. The van der Waals surface area contributed by atoms with Gasteiger partial charge in [-0.05, 0) is 24.0 Å². The minimum Gasteiger partial charge on any atom is -0.336 e. The Morgan fingerprint density at radius 3 is 2.37 bits per heavy atom. The molecule has 0 saturated carbocycles. The average molecular weight is 404 g/mol. The summed E-state index contributed by atoms with van der Waals surface area (Å²) in [6.07, 6.45) is 5.57. The second-order valence-corrected chi connectivity index (χ2v) is 7.89. The zero-order valence-electron chi connectivity index (χ0n) is 17.4. The normalized spacial score (nSPS) is 16.2. The van der Waals surface area contributed by atoms with Crippen LogP contribution in [0.5, 0.6) is 0 Å². The second-order valence-electron chi connectivity index (χ2n) is 7.89. The molecule has 156 valence electrons. The fourth-order valence-corrected chi connectivity index (χ4v) is 4.03. The summed E-state index contributed by atoms with van der Waals surface area (Å²) in [6.45, 7) is 2.94. The number of likely N-dealkylation sites (tertiary alicyclic amines) is 1. The van der Waals surface area contributed by atoms with Crippen molar-refractivity contribution < 1.29 is 4.79 Å². The number of imidazole rings is 1. The molecular weight excluding hydrogens is 374 g/mol. The van der Waals surface area contributed by atoms with Crippen molar-refractivity contribution in [1.29, 1.82) is 0 Å². The Kier molecular flexibility index (Phi) is 6.44. The van der Waals surface area contributed by atoms with Crippen molar-refractivity contribution in [2.75, 3.05) is 13.1 Å². The molecule has 1 saturated heterocycles. The molecule has 0 aliphatic carbocycles. The number of rotatable bonds is 6. The Labute approximate surface area is 177 Å². The number of piperidine rings is 1. The van der Waals surface area contributed by atoms with Crippen molar-refractivity contribution in [3.63, 3.8) is 0 Å². The summed E-state index contributed by atoms with van der Waals surface area (Å²) in [7, 11) is 1.94. The van der Waals surface area contributed by atoms with Crippen LogP contribution >= 0.6 is 0 Å². The Morgan fingerprint density at radius 1 is 1.07 bits per heavy atom. The Morgan fingerprint density at radius 2 is 1.73 bits per heavy atom. The molecule has 6 nitrogen and oxygen atoms in total. The lowest BCUT2D eigenvalue weighted by atomic mass is 10.0. The largest absolute Gasteiger partial charge is 0.336 e. The van der Waals surface area contributed by atoms with Gasteiger partial charge in [0.15, 0.2) is 0 Å². The third-order valence-corrected chi connectivity index (χ3v) is 5.70. The lowest BCUT2D eigenvalue weighted by Gasteiger charge is -2.32.